The van der Waals surface area contributed by atoms with Crippen LogP contribution in [0.1, 0.15) is 250 Å². The van der Waals surface area contributed by atoms with E-state index in [2.05, 4.69) is 83.1 Å². The van der Waals surface area contributed by atoms with Crippen LogP contribution in [0.4, 0.5) is 0 Å². The van der Waals surface area contributed by atoms with E-state index in [1.165, 1.54) is 167 Å². The topological polar surface area (TPSA) is 26.0 Å². The van der Waals surface area contributed by atoms with Gasteiger partial charge in [0.2, 0.25) is 0 Å². The molecular formula is C42H95N. The predicted octanol–water partition coefficient (Wildman–Crippen LogP) is 16.1. The number of unbranched alkanes of at least 4 members (excludes halogenated alkanes) is 13. The van der Waals surface area contributed by atoms with Crippen LogP contribution in [0.3, 0.4) is 0 Å². The Morgan fingerprint density at radius 2 is 0.744 bits per heavy atom. The molecule has 1 fully saturated rings. The smallest absolute Gasteiger partial charge is 0.00774 e. The van der Waals surface area contributed by atoms with Gasteiger partial charge in [-0.2, -0.15) is 0 Å². The van der Waals surface area contributed by atoms with Crippen LogP contribution in [0.25, 0.3) is 0 Å². The normalized spacial score (nSPS) is 15.8. The number of nitrogens with two attached hydrogens (primary N) is 1. The van der Waals surface area contributed by atoms with Gasteiger partial charge in [-0.15, -0.1) is 0 Å². The lowest BCUT2D eigenvalue weighted by Gasteiger charge is -2.22. The second kappa shape index (κ2) is 54.4. The van der Waals surface area contributed by atoms with Crippen LogP contribution < -0.4 is 5.73 Å². The molecule has 1 rings (SSSR count). The molecule has 1 atom stereocenters. The average molecular weight is 614 g/mol. The monoisotopic (exact) mass is 614 g/mol. The summed E-state index contributed by atoms with van der Waals surface area (Å²) in [7, 11) is 0. The fourth-order valence-corrected chi connectivity index (χ4v) is 5.01. The van der Waals surface area contributed by atoms with Crippen LogP contribution in [0.2, 0.25) is 0 Å². The Morgan fingerprint density at radius 1 is 0.419 bits per heavy atom. The Morgan fingerprint density at radius 3 is 1.00 bits per heavy atom. The van der Waals surface area contributed by atoms with Crippen LogP contribution in [0, 0.1) is 17.8 Å². The third-order valence-electron chi connectivity index (χ3n) is 8.27. The van der Waals surface area contributed by atoms with Crippen molar-refractivity contribution >= 4 is 0 Å². The Kier molecular flexibility index (Phi) is 66.5. The van der Waals surface area contributed by atoms with E-state index in [1.54, 1.807) is 0 Å². The lowest BCUT2D eigenvalue weighted by molar-refractivity contribution is 0.308. The van der Waals surface area contributed by atoms with Crippen molar-refractivity contribution in [1.82, 2.24) is 0 Å². The van der Waals surface area contributed by atoms with E-state index in [-0.39, 0.29) is 0 Å². The first-order valence-electron chi connectivity index (χ1n) is 20.5. The summed E-state index contributed by atoms with van der Waals surface area (Å²) >= 11 is 0. The first kappa shape index (κ1) is 52.5. The van der Waals surface area contributed by atoms with E-state index in [0.29, 0.717) is 0 Å². The summed E-state index contributed by atoms with van der Waals surface area (Å²) in [5, 5.41) is 0. The Labute approximate surface area is 279 Å². The summed E-state index contributed by atoms with van der Waals surface area (Å²) in [5.41, 5.74) is 5.14. The summed E-state index contributed by atoms with van der Waals surface area (Å²) in [4.78, 5) is 0. The molecule has 2 N–H and O–H groups in total. The molecule has 0 spiro atoms. The van der Waals surface area contributed by atoms with Gasteiger partial charge in [-0.1, -0.05) is 244 Å². The third kappa shape index (κ3) is 65.6. The molecule has 1 aliphatic rings. The van der Waals surface area contributed by atoms with E-state index in [9.17, 15) is 0 Å². The molecule has 268 valence electrons. The minimum atomic E-state index is 0.844. The molecule has 1 saturated carbocycles. The van der Waals surface area contributed by atoms with E-state index >= 15 is 0 Å². The molecule has 0 aromatic carbocycles. The molecule has 0 saturated heterocycles. The number of rotatable bonds is 19. The van der Waals surface area contributed by atoms with Crippen molar-refractivity contribution in [3.05, 3.63) is 0 Å². The van der Waals surface area contributed by atoms with Crippen molar-refractivity contribution in [2.75, 3.05) is 6.54 Å². The van der Waals surface area contributed by atoms with Gasteiger partial charge in [0, 0.05) is 0 Å². The van der Waals surface area contributed by atoms with Gasteiger partial charge in [0.1, 0.15) is 0 Å². The fraction of sp³-hybridized carbons (Fsp3) is 1.00. The largest absolute Gasteiger partial charge is 0.330 e. The standard InChI is InChI=1S/C15H32.C8H16.C7H16.C5H12.C4H11N.C3H8/c1-4-7-8-9-10-11-12-14-15(6-3)13-5-2;1-7-3-5-8(2)6-4-7;1-3-5-7-6-4-2;1-3-5-4-2;1-2-3-4-5;1-3-2/h15H,4-14H2,1-3H3;7-8H,3-6H2,1-2H3;3-7H2,1-2H3;3-5H2,1-2H3;2-5H2,1H3;3H2,1-2H3. The molecule has 0 bridgehead atoms. The van der Waals surface area contributed by atoms with Crippen molar-refractivity contribution in [2.24, 2.45) is 23.5 Å². The zero-order chi connectivity index (χ0) is 33.8. The minimum Gasteiger partial charge on any atom is -0.330 e. The van der Waals surface area contributed by atoms with Crippen molar-refractivity contribution in [1.29, 1.82) is 0 Å². The maximum atomic E-state index is 5.14. The van der Waals surface area contributed by atoms with E-state index in [1.807, 2.05) is 0 Å². The summed E-state index contributed by atoms with van der Waals surface area (Å²) < 4.78 is 0. The lowest BCUT2D eigenvalue weighted by atomic mass is 9.84. The second-order valence-corrected chi connectivity index (χ2v) is 13.6. The van der Waals surface area contributed by atoms with E-state index in [4.69, 9.17) is 5.73 Å². The van der Waals surface area contributed by atoms with Crippen molar-refractivity contribution < 1.29 is 0 Å². The molecule has 1 heteroatoms. The van der Waals surface area contributed by atoms with Crippen LogP contribution in [-0.2, 0) is 0 Å². The highest BCUT2D eigenvalue weighted by Crippen LogP contribution is 2.27. The first-order valence-corrected chi connectivity index (χ1v) is 20.5. The maximum absolute atomic E-state index is 5.14. The Hall–Kier alpha value is -0.0400. The molecule has 43 heavy (non-hydrogen) atoms. The number of hydrogen-bond acceptors (Lipinski definition) is 1. The fourth-order valence-electron chi connectivity index (χ4n) is 5.01. The Balaban J connectivity index is -0.000000146. The van der Waals surface area contributed by atoms with Gasteiger partial charge in [-0.25, -0.2) is 0 Å². The SMILES string of the molecule is CC1CCC(C)CC1.CCC.CCCCC.CCCCCCC.CCCCCCCCCC(CC)CCC.CCCCN. The molecule has 0 aliphatic heterocycles. The van der Waals surface area contributed by atoms with Gasteiger partial charge in [0.15, 0.2) is 0 Å². The highest BCUT2D eigenvalue weighted by Gasteiger charge is 2.13. The summed E-state index contributed by atoms with van der Waals surface area (Å²) in [5.74, 6) is 3.06. The van der Waals surface area contributed by atoms with Crippen LogP contribution >= 0.6 is 0 Å². The minimum absolute atomic E-state index is 0.844. The molecular weight excluding hydrogens is 518 g/mol. The first-order chi connectivity index (χ1) is 20.8. The molecule has 0 amide bonds. The van der Waals surface area contributed by atoms with Gasteiger partial charge < -0.3 is 5.73 Å². The summed E-state index contributed by atoms with van der Waals surface area (Å²) in [6.07, 6.45) is 36.5. The molecule has 1 aliphatic carbocycles. The lowest BCUT2D eigenvalue weighted by Crippen LogP contribution is -2.08. The van der Waals surface area contributed by atoms with Crippen molar-refractivity contribution in [3.63, 3.8) is 0 Å². The molecule has 0 aromatic heterocycles. The average Bonchev–Trinajstić information content (AvgIpc) is 3.00. The summed E-state index contributed by atoms with van der Waals surface area (Å²) in [6, 6.07) is 0. The molecule has 0 heterocycles. The maximum Gasteiger partial charge on any atom is -0.00774 e. The van der Waals surface area contributed by atoms with Gasteiger partial charge in [0.25, 0.3) is 0 Å². The zero-order valence-electron chi connectivity index (χ0n) is 33.4. The van der Waals surface area contributed by atoms with E-state index in [0.717, 1.165) is 24.3 Å². The molecule has 1 unspecified atom stereocenters. The highest BCUT2D eigenvalue weighted by molar-refractivity contribution is 4.65. The summed E-state index contributed by atoms with van der Waals surface area (Å²) in [6.45, 7) is 27.8. The number of hydrogen-bond donors (Lipinski definition) is 1. The molecule has 0 radical (unpaired) electrons. The highest BCUT2D eigenvalue weighted by atomic mass is 14.5. The van der Waals surface area contributed by atoms with Crippen LogP contribution in [0.5, 0.6) is 0 Å². The van der Waals surface area contributed by atoms with Gasteiger partial charge in [-0.05, 0) is 30.7 Å². The third-order valence-corrected chi connectivity index (χ3v) is 8.27. The van der Waals surface area contributed by atoms with Crippen LogP contribution in [0.15, 0.2) is 0 Å². The quantitative estimate of drug-likeness (QED) is 0.144. The van der Waals surface area contributed by atoms with Crippen LogP contribution in [-0.4, -0.2) is 6.54 Å². The zero-order valence-corrected chi connectivity index (χ0v) is 33.4. The molecule has 0 aromatic rings. The molecule has 1 nitrogen and oxygen atoms in total. The second-order valence-electron chi connectivity index (χ2n) is 13.6. The van der Waals surface area contributed by atoms with Crippen molar-refractivity contribution in [2.45, 2.75) is 250 Å². The Bertz CT molecular complexity index is 347. The van der Waals surface area contributed by atoms with Gasteiger partial charge >= 0.3 is 0 Å². The van der Waals surface area contributed by atoms with Gasteiger partial charge in [-0.3, -0.25) is 0 Å². The van der Waals surface area contributed by atoms with Crippen molar-refractivity contribution in [3.8, 4) is 0 Å². The van der Waals surface area contributed by atoms with Gasteiger partial charge in [0.05, 0.1) is 0 Å². The predicted molar refractivity (Wildman–Crippen MR) is 208 cm³/mol. The van der Waals surface area contributed by atoms with E-state index < -0.39 is 0 Å².